The zero-order chi connectivity index (χ0) is 11.8. The number of halogens is 2. The van der Waals surface area contributed by atoms with Gasteiger partial charge >= 0.3 is 5.97 Å². The third-order valence-electron chi connectivity index (χ3n) is 3.19. The van der Waals surface area contributed by atoms with E-state index in [-0.39, 0.29) is 5.56 Å². The van der Waals surface area contributed by atoms with Crippen LogP contribution in [0.2, 0.25) is 0 Å². The summed E-state index contributed by atoms with van der Waals surface area (Å²) in [6.45, 7) is 0. The van der Waals surface area contributed by atoms with Gasteiger partial charge in [-0.1, -0.05) is 12.8 Å². The molecule has 3 nitrogen and oxygen atoms in total. The predicted octanol–water partition coefficient (Wildman–Crippen LogP) is 2.88. The summed E-state index contributed by atoms with van der Waals surface area (Å²) in [5.41, 5.74) is -0.882. The second-order valence-electron chi connectivity index (χ2n) is 4.09. The molecule has 2 rings (SSSR count). The lowest BCUT2D eigenvalue weighted by atomic mass is 9.79. The summed E-state index contributed by atoms with van der Waals surface area (Å²) in [6, 6.07) is 1.53. The van der Waals surface area contributed by atoms with E-state index in [1.807, 2.05) is 0 Å². The van der Waals surface area contributed by atoms with Gasteiger partial charge in [0, 0.05) is 16.2 Å². The van der Waals surface area contributed by atoms with Gasteiger partial charge in [-0.25, -0.2) is 4.98 Å². The first kappa shape index (κ1) is 11.5. The minimum Gasteiger partial charge on any atom is -0.481 e. The van der Waals surface area contributed by atoms with Crippen molar-refractivity contribution in [3.05, 3.63) is 28.2 Å². The highest BCUT2D eigenvalue weighted by atomic mass is 79.9. The van der Waals surface area contributed by atoms with Gasteiger partial charge in [0.1, 0.15) is 0 Å². The summed E-state index contributed by atoms with van der Waals surface area (Å²) in [5.74, 6) is -1.63. The van der Waals surface area contributed by atoms with Crippen molar-refractivity contribution < 1.29 is 14.3 Å². The van der Waals surface area contributed by atoms with E-state index in [0.29, 0.717) is 17.3 Å². The van der Waals surface area contributed by atoms with E-state index in [9.17, 15) is 14.3 Å². The lowest BCUT2D eigenvalue weighted by molar-refractivity contribution is -0.143. The van der Waals surface area contributed by atoms with E-state index in [1.165, 1.54) is 12.3 Å². The molecule has 1 aliphatic carbocycles. The van der Waals surface area contributed by atoms with Crippen molar-refractivity contribution in [3.63, 3.8) is 0 Å². The topological polar surface area (TPSA) is 50.2 Å². The van der Waals surface area contributed by atoms with E-state index in [2.05, 4.69) is 20.9 Å². The summed E-state index contributed by atoms with van der Waals surface area (Å²) in [6.07, 6.45) is 3.94. The van der Waals surface area contributed by atoms with Gasteiger partial charge in [-0.15, -0.1) is 0 Å². The molecule has 1 heterocycles. The van der Waals surface area contributed by atoms with Crippen LogP contribution >= 0.6 is 15.9 Å². The van der Waals surface area contributed by atoms with E-state index in [0.717, 1.165) is 12.8 Å². The zero-order valence-electron chi connectivity index (χ0n) is 8.54. The first-order chi connectivity index (χ1) is 7.56. The molecule has 1 aromatic rings. The molecule has 1 fully saturated rings. The number of aromatic nitrogens is 1. The molecule has 0 atom stereocenters. The standard InChI is InChI=1S/C11H11BrFNO2/c12-7-5-8(9(13)14-6-7)11(10(15)16)3-1-2-4-11/h5-6H,1-4H2,(H,15,16). The van der Waals surface area contributed by atoms with Crippen LogP contribution in [0.15, 0.2) is 16.7 Å². The first-order valence-corrected chi connectivity index (χ1v) is 5.90. The lowest BCUT2D eigenvalue weighted by Crippen LogP contribution is -2.33. The van der Waals surface area contributed by atoms with Crippen LogP contribution in [-0.2, 0) is 10.2 Å². The van der Waals surface area contributed by atoms with Gasteiger partial charge < -0.3 is 5.11 Å². The highest BCUT2D eigenvalue weighted by Gasteiger charge is 2.45. The molecular formula is C11H11BrFNO2. The Kier molecular flexibility index (Phi) is 2.97. The fourth-order valence-corrected chi connectivity index (χ4v) is 2.67. The van der Waals surface area contributed by atoms with E-state index < -0.39 is 17.3 Å². The van der Waals surface area contributed by atoms with Gasteiger partial charge in [-0.2, -0.15) is 4.39 Å². The average Bonchev–Trinajstić information content (AvgIpc) is 2.71. The van der Waals surface area contributed by atoms with Gasteiger partial charge in [0.15, 0.2) is 0 Å². The molecule has 16 heavy (non-hydrogen) atoms. The second kappa shape index (κ2) is 4.13. The second-order valence-corrected chi connectivity index (χ2v) is 5.00. The van der Waals surface area contributed by atoms with E-state index in [1.54, 1.807) is 0 Å². The van der Waals surface area contributed by atoms with Crippen molar-refractivity contribution in [2.24, 2.45) is 0 Å². The maximum absolute atomic E-state index is 13.6. The number of carboxylic acids is 1. The molecule has 0 radical (unpaired) electrons. The first-order valence-electron chi connectivity index (χ1n) is 5.11. The minimum atomic E-state index is -1.08. The molecule has 0 saturated heterocycles. The quantitative estimate of drug-likeness (QED) is 0.851. The van der Waals surface area contributed by atoms with Gasteiger partial charge in [-0.3, -0.25) is 4.79 Å². The zero-order valence-corrected chi connectivity index (χ0v) is 10.1. The minimum absolute atomic E-state index is 0.201. The normalized spacial score (nSPS) is 18.6. The number of aliphatic carboxylic acids is 1. The fourth-order valence-electron chi connectivity index (χ4n) is 2.34. The van der Waals surface area contributed by atoms with Gasteiger partial charge in [-0.05, 0) is 34.8 Å². The molecule has 0 unspecified atom stereocenters. The number of pyridine rings is 1. The highest BCUT2D eigenvalue weighted by Crippen LogP contribution is 2.42. The molecule has 1 N–H and O–H groups in total. The highest BCUT2D eigenvalue weighted by molar-refractivity contribution is 9.10. The molecule has 0 aromatic carbocycles. The lowest BCUT2D eigenvalue weighted by Gasteiger charge is -2.24. The number of rotatable bonds is 2. The summed E-state index contributed by atoms with van der Waals surface area (Å²) in [4.78, 5) is 15.0. The molecule has 5 heteroatoms. The monoisotopic (exact) mass is 287 g/mol. The number of nitrogens with zero attached hydrogens (tertiary/aromatic N) is 1. The maximum atomic E-state index is 13.6. The Morgan fingerprint density at radius 1 is 1.50 bits per heavy atom. The molecule has 1 aromatic heterocycles. The van der Waals surface area contributed by atoms with Crippen LogP contribution in [0.3, 0.4) is 0 Å². The molecule has 86 valence electrons. The van der Waals surface area contributed by atoms with E-state index >= 15 is 0 Å². The average molecular weight is 288 g/mol. The Labute approximate surface area is 101 Å². The Bertz CT molecular complexity index is 430. The Morgan fingerprint density at radius 3 is 2.69 bits per heavy atom. The largest absolute Gasteiger partial charge is 0.481 e. The summed E-state index contributed by atoms with van der Waals surface area (Å²) in [7, 11) is 0. The Hall–Kier alpha value is -0.970. The van der Waals surface area contributed by atoms with Crippen molar-refractivity contribution >= 4 is 21.9 Å². The SMILES string of the molecule is O=C(O)C1(c2cc(Br)cnc2F)CCCC1. The van der Waals surface area contributed by atoms with Crippen molar-refractivity contribution in [2.75, 3.05) is 0 Å². The Morgan fingerprint density at radius 2 is 2.12 bits per heavy atom. The van der Waals surface area contributed by atoms with Crippen LogP contribution < -0.4 is 0 Å². The van der Waals surface area contributed by atoms with Crippen molar-refractivity contribution in [1.29, 1.82) is 0 Å². The van der Waals surface area contributed by atoms with Gasteiger partial charge in [0.2, 0.25) is 5.95 Å². The summed E-state index contributed by atoms with van der Waals surface area (Å²) >= 11 is 3.19. The number of carbonyl (C=O) groups is 1. The van der Waals surface area contributed by atoms with Gasteiger partial charge in [0.25, 0.3) is 0 Å². The molecular weight excluding hydrogens is 277 g/mol. The Balaban J connectivity index is 2.55. The van der Waals surface area contributed by atoms with Crippen LogP contribution in [0.25, 0.3) is 0 Å². The molecule has 0 amide bonds. The van der Waals surface area contributed by atoms with Crippen LogP contribution in [0.4, 0.5) is 4.39 Å². The van der Waals surface area contributed by atoms with Gasteiger partial charge in [0.05, 0.1) is 5.41 Å². The molecule has 0 aliphatic heterocycles. The predicted molar refractivity (Wildman–Crippen MR) is 59.7 cm³/mol. The van der Waals surface area contributed by atoms with Crippen LogP contribution in [0, 0.1) is 5.95 Å². The van der Waals surface area contributed by atoms with Crippen LogP contribution in [-0.4, -0.2) is 16.1 Å². The molecule has 1 saturated carbocycles. The van der Waals surface area contributed by atoms with Crippen molar-refractivity contribution in [1.82, 2.24) is 4.98 Å². The van der Waals surface area contributed by atoms with Crippen molar-refractivity contribution in [2.45, 2.75) is 31.1 Å². The summed E-state index contributed by atoms with van der Waals surface area (Å²) in [5, 5.41) is 9.32. The van der Waals surface area contributed by atoms with Crippen LogP contribution in [0.5, 0.6) is 0 Å². The summed E-state index contributed by atoms with van der Waals surface area (Å²) < 4.78 is 14.2. The molecule has 0 spiro atoms. The van der Waals surface area contributed by atoms with Crippen LogP contribution in [0.1, 0.15) is 31.2 Å². The third kappa shape index (κ3) is 1.73. The smallest absolute Gasteiger partial charge is 0.314 e. The number of carboxylic acid groups (broad SMARTS) is 1. The maximum Gasteiger partial charge on any atom is 0.314 e. The number of hydrogen-bond acceptors (Lipinski definition) is 2. The number of hydrogen-bond donors (Lipinski definition) is 1. The molecule has 0 bridgehead atoms. The molecule has 1 aliphatic rings. The van der Waals surface area contributed by atoms with E-state index in [4.69, 9.17) is 0 Å². The third-order valence-corrected chi connectivity index (χ3v) is 3.62. The van der Waals surface area contributed by atoms with Crippen molar-refractivity contribution in [3.8, 4) is 0 Å². The fraction of sp³-hybridized carbons (Fsp3) is 0.455.